The Morgan fingerprint density at radius 2 is 1.89 bits per heavy atom. The first-order valence-electron chi connectivity index (χ1n) is 9.85. The number of nitrogens with one attached hydrogen (secondary N) is 2. The van der Waals surface area contributed by atoms with E-state index in [0.717, 1.165) is 63.7 Å². The molecule has 2 aromatic rings. The fourth-order valence-electron chi connectivity index (χ4n) is 4.64. The maximum Gasteiger partial charge on any atom is 0.354 e. The van der Waals surface area contributed by atoms with Crippen LogP contribution in [0, 0.1) is 0 Å². The third-order valence-electron chi connectivity index (χ3n) is 5.88. The lowest BCUT2D eigenvalue weighted by molar-refractivity contribution is 0.260. The van der Waals surface area contributed by atoms with Crippen molar-refractivity contribution in [1.82, 2.24) is 9.78 Å². The van der Waals surface area contributed by atoms with E-state index in [2.05, 4.69) is 26.2 Å². The zero-order valence-electron chi connectivity index (χ0n) is 15.7. The number of hydrogen-bond acceptors (Lipinski definition) is 4. The van der Waals surface area contributed by atoms with E-state index < -0.39 is 15.9 Å². The van der Waals surface area contributed by atoms with E-state index in [1.807, 2.05) is 0 Å². The number of aryl methyl sites for hydroxylation is 3. The van der Waals surface area contributed by atoms with Crippen LogP contribution in [0.2, 0.25) is 0 Å². The van der Waals surface area contributed by atoms with Crippen LogP contribution in [0.3, 0.4) is 0 Å². The Labute approximate surface area is 164 Å². The quantitative estimate of drug-likeness (QED) is 0.719. The molecule has 28 heavy (non-hydrogen) atoms. The van der Waals surface area contributed by atoms with Crippen molar-refractivity contribution in [3.8, 4) is 0 Å². The van der Waals surface area contributed by atoms with E-state index >= 15 is 0 Å². The Hall–Kier alpha value is -2.39. The zero-order chi connectivity index (χ0) is 19.3. The first-order chi connectivity index (χ1) is 13.5. The molecule has 3 aliphatic rings. The molecule has 8 nitrogen and oxygen atoms in total. The lowest BCUT2D eigenvalue weighted by Crippen LogP contribution is -2.22. The van der Waals surface area contributed by atoms with Crippen LogP contribution in [0.15, 0.2) is 21.5 Å². The number of hydrogen-bond donors (Lipinski definition) is 3. The zero-order valence-corrected chi connectivity index (χ0v) is 16.5. The minimum atomic E-state index is -3.39. The van der Waals surface area contributed by atoms with Crippen molar-refractivity contribution in [3.05, 3.63) is 34.5 Å². The van der Waals surface area contributed by atoms with E-state index in [1.165, 1.54) is 28.5 Å². The average Bonchev–Trinajstić information content (AvgIpc) is 3.39. The van der Waals surface area contributed by atoms with E-state index in [4.69, 9.17) is 5.14 Å². The Balaban J connectivity index is 1.49. The molecule has 1 atom stereocenters. The molecule has 0 unspecified atom stereocenters. The molecule has 1 aliphatic heterocycles. The van der Waals surface area contributed by atoms with Crippen molar-refractivity contribution in [2.45, 2.75) is 56.4 Å². The second kappa shape index (κ2) is 6.59. The number of rotatable bonds is 2. The SMILES string of the molecule is N[S@](=O)(=NC(=O)Nc1c2c(cc3c1CCC3)CCC2)c1cnn2c1NCCC2. The molecule has 0 bridgehead atoms. The van der Waals surface area contributed by atoms with Gasteiger partial charge >= 0.3 is 6.03 Å². The molecule has 5 rings (SSSR count). The third kappa shape index (κ3) is 2.89. The largest absolute Gasteiger partial charge is 0.369 e. The molecule has 2 heterocycles. The van der Waals surface area contributed by atoms with E-state index in [1.54, 1.807) is 4.68 Å². The van der Waals surface area contributed by atoms with Crippen LogP contribution in [0.25, 0.3) is 0 Å². The number of carbonyl (C=O) groups excluding carboxylic acids is 1. The summed E-state index contributed by atoms with van der Waals surface area (Å²) in [5.74, 6) is 0.594. The molecule has 4 N–H and O–H groups in total. The van der Waals surface area contributed by atoms with E-state index in [0.29, 0.717) is 5.82 Å². The van der Waals surface area contributed by atoms with Gasteiger partial charge in [0.15, 0.2) is 0 Å². The Kier molecular flexibility index (Phi) is 4.17. The van der Waals surface area contributed by atoms with Gasteiger partial charge in [-0.25, -0.2) is 18.8 Å². The Bertz CT molecular complexity index is 1060. The number of fused-ring (bicyclic) bond motifs is 3. The topological polar surface area (TPSA) is 114 Å². The molecule has 0 spiro atoms. The van der Waals surface area contributed by atoms with Crippen molar-refractivity contribution in [3.63, 3.8) is 0 Å². The van der Waals surface area contributed by atoms with Gasteiger partial charge in [-0.2, -0.15) is 5.10 Å². The fourth-order valence-corrected chi connectivity index (χ4v) is 5.68. The lowest BCUT2D eigenvalue weighted by atomic mass is 9.99. The maximum absolute atomic E-state index is 13.0. The summed E-state index contributed by atoms with van der Waals surface area (Å²) in [5.41, 5.74) is 5.93. The Morgan fingerprint density at radius 3 is 2.61 bits per heavy atom. The number of anilines is 2. The third-order valence-corrected chi connectivity index (χ3v) is 7.25. The van der Waals surface area contributed by atoms with Crippen LogP contribution in [-0.2, 0) is 42.1 Å². The highest BCUT2D eigenvalue weighted by Gasteiger charge is 2.26. The number of urea groups is 1. The number of aromatic nitrogens is 2. The molecule has 0 radical (unpaired) electrons. The minimum absolute atomic E-state index is 0.283. The van der Waals surface area contributed by atoms with Crippen LogP contribution in [-0.4, -0.2) is 26.6 Å². The van der Waals surface area contributed by atoms with Crippen LogP contribution >= 0.6 is 0 Å². The second-order valence-corrected chi connectivity index (χ2v) is 9.44. The molecule has 9 heteroatoms. The van der Waals surface area contributed by atoms with Crippen molar-refractivity contribution in [2.75, 3.05) is 17.2 Å². The number of nitrogens with two attached hydrogens (primary N) is 1. The second-order valence-electron chi connectivity index (χ2n) is 7.69. The highest BCUT2D eigenvalue weighted by Crippen LogP contribution is 2.38. The summed E-state index contributed by atoms with van der Waals surface area (Å²) in [7, 11) is -3.39. The number of carbonyl (C=O) groups is 1. The summed E-state index contributed by atoms with van der Waals surface area (Å²) < 4.78 is 18.6. The van der Waals surface area contributed by atoms with Gasteiger partial charge in [-0.05, 0) is 67.2 Å². The van der Waals surface area contributed by atoms with Gasteiger partial charge in [-0.1, -0.05) is 6.07 Å². The average molecular weight is 401 g/mol. The lowest BCUT2D eigenvalue weighted by Gasteiger charge is -2.17. The van der Waals surface area contributed by atoms with Gasteiger partial charge in [0.25, 0.3) is 0 Å². The van der Waals surface area contributed by atoms with Gasteiger partial charge in [0.05, 0.1) is 6.20 Å². The molecule has 0 saturated carbocycles. The van der Waals surface area contributed by atoms with Gasteiger partial charge in [0.1, 0.15) is 20.6 Å². The van der Waals surface area contributed by atoms with Crippen molar-refractivity contribution in [1.29, 1.82) is 0 Å². The molecule has 1 aromatic carbocycles. The van der Waals surface area contributed by atoms with Gasteiger partial charge < -0.3 is 10.6 Å². The van der Waals surface area contributed by atoms with Crippen LogP contribution in [0.1, 0.15) is 41.5 Å². The van der Waals surface area contributed by atoms with Crippen molar-refractivity contribution < 1.29 is 9.00 Å². The predicted molar refractivity (Wildman–Crippen MR) is 108 cm³/mol. The summed E-state index contributed by atoms with van der Waals surface area (Å²) >= 11 is 0. The molecule has 2 aliphatic carbocycles. The molecule has 0 fully saturated rings. The van der Waals surface area contributed by atoms with Crippen molar-refractivity contribution in [2.24, 2.45) is 9.50 Å². The molecule has 0 saturated heterocycles. The molecule has 2 amide bonds. The predicted octanol–water partition coefficient (Wildman–Crippen LogP) is 2.61. The number of benzene rings is 1. The van der Waals surface area contributed by atoms with Crippen LogP contribution < -0.4 is 15.8 Å². The smallest absolute Gasteiger partial charge is 0.354 e. The van der Waals surface area contributed by atoms with Crippen LogP contribution in [0.5, 0.6) is 0 Å². The minimum Gasteiger partial charge on any atom is -0.369 e. The standard InChI is InChI=1S/C19H24N6O2S/c20-28(27,16-11-22-25-9-3-8-21-18(16)25)24-19(26)23-17-14-6-1-4-12(14)10-13-5-2-7-15(13)17/h10-11,21H,1-9H2,(H3,20,23,24,26,27)/t28-/m0/s1. The molecule has 1 aromatic heterocycles. The normalized spacial score (nSPS) is 19.2. The Morgan fingerprint density at radius 1 is 1.18 bits per heavy atom. The van der Waals surface area contributed by atoms with Gasteiger partial charge in [0.2, 0.25) is 0 Å². The molecular formula is C19H24N6O2S. The van der Waals surface area contributed by atoms with E-state index in [-0.39, 0.29) is 4.90 Å². The monoisotopic (exact) mass is 400 g/mol. The van der Waals surface area contributed by atoms with E-state index in [9.17, 15) is 9.00 Å². The number of nitrogens with zero attached hydrogens (tertiary/aromatic N) is 3. The number of amides is 2. The summed E-state index contributed by atoms with van der Waals surface area (Å²) in [6.07, 6.45) is 8.58. The summed E-state index contributed by atoms with van der Waals surface area (Å²) in [4.78, 5) is 13.0. The molecule has 148 valence electrons. The summed E-state index contributed by atoms with van der Waals surface area (Å²) in [6.45, 7) is 1.48. The highest BCUT2D eigenvalue weighted by molar-refractivity contribution is 7.91. The van der Waals surface area contributed by atoms with Crippen LogP contribution in [0.4, 0.5) is 16.3 Å². The first-order valence-corrected chi connectivity index (χ1v) is 11.4. The fraction of sp³-hybridized carbons (Fsp3) is 0.474. The first kappa shape index (κ1) is 17.7. The summed E-state index contributed by atoms with van der Waals surface area (Å²) in [5, 5.41) is 16.3. The maximum atomic E-state index is 13.0. The van der Waals surface area contributed by atoms with Gasteiger partial charge in [0, 0.05) is 18.8 Å². The van der Waals surface area contributed by atoms with Crippen molar-refractivity contribution >= 4 is 27.5 Å². The van der Waals surface area contributed by atoms with Gasteiger partial charge in [-0.15, -0.1) is 4.36 Å². The highest BCUT2D eigenvalue weighted by atomic mass is 32.2. The summed E-state index contributed by atoms with van der Waals surface area (Å²) in [6, 6.07) is 1.65. The van der Waals surface area contributed by atoms with Gasteiger partial charge in [-0.3, -0.25) is 0 Å². The molecular weight excluding hydrogens is 376 g/mol.